The maximum absolute atomic E-state index is 12.1. The number of rotatable bonds is 6. The minimum atomic E-state index is -3.34. The Bertz CT molecular complexity index is 565. The molecule has 0 saturated heterocycles. The van der Waals surface area contributed by atoms with E-state index in [0.717, 1.165) is 18.0 Å². The Hall–Kier alpha value is -0.910. The van der Waals surface area contributed by atoms with Gasteiger partial charge in [0.2, 0.25) is 10.0 Å². The van der Waals surface area contributed by atoms with Gasteiger partial charge in [0, 0.05) is 26.7 Å². The zero-order valence-corrected chi connectivity index (χ0v) is 13.5. The highest BCUT2D eigenvalue weighted by Crippen LogP contribution is 2.35. The number of sulfonamides is 1. The van der Waals surface area contributed by atoms with Crippen LogP contribution < -0.4 is 0 Å². The van der Waals surface area contributed by atoms with Crippen LogP contribution in [-0.2, 0) is 16.6 Å². The van der Waals surface area contributed by atoms with Crippen molar-refractivity contribution in [3.8, 4) is 0 Å². The molecular weight excluding hydrogens is 272 g/mol. The standard InChI is InChI=1S/C15H24N2O2S/c1-12(14-8-9-14)17(4)11-13-6-5-7-15(10-13)20(18,19)16(2)3/h5-7,10,12,14H,8-9,11H2,1-4H3/t12-/m0/s1. The molecule has 1 aromatic carbocycles. The van der Waals surface area contributed by atoms with Gasteiger partial charge in [-0.05, 0) is 50.4 Å². The zero-order chi connectivity index (χ0) is 14.9. The van der Waals surface area contributed by atoms with Gasteiger partial charge in [0.05, 0.1) is 4.90 Å². The number of nitrogens with zero attached hydrogens (tertiary/aromatic N) is 2. The van der Waals surface area contributed by atoms with Gasteiger partial charge in [-0.2, -0.15) is 0 Å². The fourth-order valence-electron chi connectivity index (χ4n) is 2.39. The van der Waals surface area contributed by atoms with Crippen molar-refractivity contribution in [2.24, 2.45) is 5.92 Å². The lowest BCUT2D eigenvalue weighted by Crippen LogP contribution is -2.30. The van der Waals surface area contributed by atoms with E-state index in [4.69, 9.17) is 0 Å². The summed E-state index contributed by atoms with van der Waals surface area (Å²) in [6.07, 6.45) is 2.64. The summed E-state index contributed by atoms with van der Waals surface area (Å²) < 4.78 is 25.5. The summed E-state index contributed by atoms with van der Waals surface area (Å²) in [5.74, 6) is 0.814. The van der Waals surface area contributed by atoms with Crippen molar-refractivity contribution in [1.82, 2.24) is 9.21 Å². The van der Waals surface area contributed by atoms with Gasteiger partial charge in [-0.3, -0.25) is 4.90 Å². The fourth-order valence-corrected chi connectivity index (χ4v) is 3.36. The molecule has 1 aliphatic carbocycles. The van der Waals surface area contributed by atoms with Gasteiger partial charge >= 0.3 is 0 Å². The van der Waals surface area contributed by atoms with Crippen LogP contribution in [0.5, 0.6) is 0 Å². The molecule has 0 radical (unpaired) electrons. The first-order valence-electron chi connectivity index (χ1n) is 7.04. The third-order valence-electron chi connectivity index (χ3n) is 4.11. The number of benzene rings is 1. The molecule has 1 aliphatic rings. The van der Waals surface area contributed by atoms with E-state index in [2.05, 4.69) is 18.9 Å². The molecule has 0 spiro atoms. The smallest absolute Gasteiger partial charge is 0.242 e. The molecule has 112 valence electrons. The summed E-state index contributed by atoms with van der Waals surface area (Å²) in [5, 5.41) is 0. The predicted molar refractivity (Wildman–Crippen MR) is 81.0 cm³/mol. The van der Waals surface area contributed by atoms with E-state index < -0.39 is 10.0 Å². The van der Waals surface area contributed by atoms with E-state index in [1.54, 1.807) is 26.2 Å². The van der Waals surface area contributed by atoms with Crippen LogP contribution in [-0.4, -0.2) is 44.8 Å². The first-order chi connectivity index (χ1) is 9.32. The van der Waals surface area contributed by atoms with Crippen LogP contribution in [0.25, 0.3) is 0 Å². The highest BCUT2D eigenvalue weighted by molar-refractivity contribution is 7.89. The molecule has 0 N–H and O–H groups in total. The summed E-state index contributed by atoms with van der Waals surface area (Å²) in [6.45, 7) is 3.03. The normalized spacial score (nSPS) is 17.7. The van der Waals surface area contributed by atoms with Gasteiger partial charge in [0.1, 0.15) is 0 Å². The molecule has 5 heteroatoms. The van der Waals surface area contributed by atoms with E-state index in [9.17, 15) is 8.42 Å². The summed E-state index contributed by atoms with van der Waals surface area (Å²) >= 11 is 0. The van der Waals surface area contributed by atoms with Gasteiger partial charge in [0.25, 0.3) is 0 Å². The summed E-state index contributed by atoms with van der Waals surface area (Å²) in [4.78, 5) is 2.67. The average Bonchev–Trinajstić information content (AvgIpc) is 3.22. The van der Waals surface area contributed by atoms with E-state index in [0.29, 0.717) is 10.9 Å². The largest absolute Gasteiger partial charge is 0.299 e. The molecule has 0 aromatic heterocycles. The summed E-state index contributed by atoms with van der Waals surface area (Å²) in [7, 11) is 1.88. The topological polar surface area (TPSA) is 40.6 Å². The maximum atomic E-state index is 12.1. The molecule has 4 nitrogen and oxygen atoms in total. The van der Waals surface area contributed by atoms with Crippen LogP contribution in [0, 0.1) is 5.92 Å². The second kappa shape index (κ2) is 5.84. The molecule has 2 rings (SSSR count). The Morgan fingerprint density at radius 2 is 1.90 bits per heavy atom. The van der Waals surface area contributed by atoms with Crippen molar-refractivity contribution >= 4 is 10.0 Å². The van der Waals surface area contributed by atoms with Gasteiger partial charge in [-0.25, -0.2) is 12.7 Å². The van der Waals surface area contributed by atoms with E-state index >= 15 is 0 Å². The Morgan fingerprint density at radius 1 is 1.25 bits per heavy atom. The van der Waals surface area contributed by atoms with E-state index in [1.807, 2.05) is 12.1 Å². The van der Waals surface area contributed by atoms with Gasteiger partial charge in [0.15, 0.2) is 0 Å². The molecule has 1 saturated carbocycles. The van der Waals surface area contributed by atoms with Crippen molar-refractivity contribution in [2.45, 2.75) is 37.2 Å². The van der Waals surface area contributed by atoms with Crippen molar-refractivity contribution in [2.75, 3.05) is 21.1 Å². The zero-order valence-electron chi connectivity index (χ0n) is 12.7. The van der Waals surface area contributed by atoms with Crippen LogP contribution in [0.4, 0.5) is 0 Å². The van der Waals surface area contributed by atoms with Crippen LogP contribution in [0.3, 0.4) is 0 Å². The molecular formula is C15H24N2O2S. The molecule has 0 aliphatic heterocycles. The molecule has 1 atom stereocenters. The molecule has 0 heterocycles. The quantitative estimate of drug-likeness (QED) is 0.808. The molecule has 1 aromatic rings. The Kier molecular flexibility index (Phi) is 4.52. The Balaban J connectivity index is 2.13. The minimum absolute atomic E-state index is 0.368. The lowest BCUT2D eigenvalue weighted by Gasteiger charge is -2.24. The van der Waals surface area contributed by atoms with Crippen LogP contribution in [0.1, 0.15) is 25.3 Å². The molecule has 0 bridgehead atoms. The number of hydrogen-bond donors (Lipinski definition) is 0. The predicted octanol–water partition coefficient (Wildman–Crippen LogP) is 2.17. The number of hydrogen-bond acceptors (Lipinski definition) is 3. The lowest BCUT2D eigenvalue weighted by molar-refractivity contribution is 0.226. The fraction of sp³-hybridized carbons (Fsp3) is 0.600. The molecule has 0 unspecified atom stereocenters. The SMILES string of the molecule is C[C@@H](C1CC1)N(C)Cc1cccc(S(=O)(=O)N(C)C)c1. The van der Waals surface area contributed by atoms with Crippen LogP contribution in [0.2, 0.25) is 0 Å². The van der Waals surface area contributed by atoms with Gasteiger partial charge < -0.3 is 0 Å². The second-order valence-electron chi connectivity index (χ2n) is 5.93. The third kappa shape index (κ3) is 3.40. The maximum Gasteiger partial charge on any atom is 0.242 e. The van der Waals surface area contributed by atoms with Gasteiger partial charge in [-0.1, -0.05) is 12.1 Å². The van der Waals surface area contributed by atoms with Crippen molar-refractivity contribution in [3.63, 3.8) is 0 Å². The van der Waals surface area contributed by atoms with Crippen molar-refractivity contribution in [3.05, 3.63) is 29.8 Å². The summed E-state index contributed by atoms with van der Waals surface area (Å²) in [6, 6.07) is 7.81. The lowest BCUT2D eigenvalue weighted by atomic mass is 10.1. The highest BCUT2D eigenvalue weighted by atomic mass is 32.2. The van der Waals surface area contributed by atoms with Crippen LogP contribution in [0.15, 0.2) is 29.2 Å². The van der Waals surface area contributed by atoms with Crippen molar-refractivity contribution < 1.29 is 8.42 Å². The Labute approximate surface area is 122 Å². The van der Waals surface area contributed by atoms with Crippen molar-refractivity contribution in [1.29, 1.82) is 0 Å². The van der Waals surface area contributed by atoms with Crippen LogP contribution >= 0.6 is 0 Å². The first kappa shape index (κ1) is 15.5. The highest BCUT2D eigenvalue weighted by Gasteiger charge is 2.30. The Morgan fingerprint density at radius 3 is 2.45 bits per heavy atom. The van der Waals surface area contributed by atoms with E-state index in [-0.39, 0.29) is 0 Å². The average molecular weight is 296 g/mol. The summed E-state index contributed by atoms with van der Waals surface area (Å²) in [5.41, 5.74) is 1.04. The van der Waals surface area contributed by atoms with Gasteiger partial charge in [-0.15, -0.1) is 0 Å². The molecule has 20 heavy (non-hydrogen) atoms. The monoisotopic (exact) mass is 296 g/mol. The molecule has 1 fully saturated rings. The minimum Gasteiger partial charge on any atom is -0.299 e. The first-order valence-corrected chi connectivity index (χ1v) is 8.48. The second-order valence-corrected chi connectivity index (χ2v) is 8.08. The van der Waals surface area contributed by atoms with E-state index in [1.165, 1.54) is 17.1 Å². The molecule has 0 amide bonds. The third-order valence-corrected chi connectivity index (χ3v) is 5.92.